The second-order valence-corrected chi connectivity index (χ2v) is 8.50. The number of likely N-dealkylation sites (tertiary alicyclic amines) is 1. The van der Waals surface area contributed by atoms with Crippen LogP contribution in [0, 0.1) is 10.7 Å². The lowest BCUT2D eigenvalue weighted by molar-refractivity contribution is -0.121. The van der Waals surface area contributed by atoms with Gasteiger partial charge in [0, 0.05) is 19.5 Å². The number of fused-ring (bicyclic) bond motifs is 1. The van der Waals surface area contributed by atoms with Gasteiger partial charge in [-0.25, -0.2) is 4.79 Å². The van der Waals surface area contributed by atoms with Crippen molar-refractivity contribution in [3.63, 3.8) is 0 Å². The van der Waals surface area contributed by atoms with Crippen molar-refractivity contribution >= 4 is 35.0 Å². The Hall–Kier alpha value is -2.52. The first-order chi connectivity index (χ1) is 14.9. The van der Waals surface area contributed by atoms with Crippen molar-refractivity contribution in [1.29, 1.82) is 0 Å². The highest BCUT2D eigenvalue weighted by Gasteiger charge is 2.15. The molecule has 0 aliphatic carbocycles. The van der Waals surface area contributed by atoms with E-state index < -0.39 is 5.97 Å². The molecule has 0 radical (unpaired) electrons. The van der Waals surface area contributed by atoms with Gasteiger partial charge in [0.2, 0.25) is 5.91 Å². The fourth-order valence-electron chi connectivity index (χ4n) is 3.82. The van der Waals surface area contributed by atoms with Gasteiger partial charge in [-0.05, 0) is 75.2 Å². The van der Waals surface area contributed by atoms with Crippen LogP contribution in [0.25, 0.3) is 10.9 Å². The Bertz CT molecular complexity index is 1050. The maximum Gasteiger partial charge on any atom is 0.337 e. The van der Waals surface area contributed by atoms with E-state index >= 15 is 0 Å². The maximum atomic E-state index is 12.8. The SMILES string of the molecule is COC(=O)c1ccc2c(=O)n(CCC(=O)NCCCN3CCC(C)CC3)c(=S)[nH]c2c1. The molecule has 1 aliphatic heterocycles. The number of H-pyrrole nitrogens is 1. The number of methoxy groups -OCH3 is 1. The highest BCUT2D eigenvalue weighted by molar-refractivity contribution is 7.71. The molecule has 0 unspecified atom stereocenters. The normalized spacial score (nSPS) is 15.2. The van der Waals surface area contributed by atoms with Crippen LogP contribution >= 0.6 is 12.2 Å². The molecule has 1 aliphatic rings. The van der Waals surface area contributed by atoms with Crippen LogP contribution in [-0.2, 0) is 16.1 Å². The second-order valence-electron chi connectivity index (χ2n) is 8.12. The highest BCUT2D eigenvalue weighted by Crippen LogP contribution is 2.15. The number of hydrogen-bond donors (Lipinski definition) is 2. The Labute approximate surface area is 186 Å². The Balaban J connectivity index is 1.53. The summed E-state index contributed by atoms with van der Waals surface area (Å²) in [7, 11) is 1.30. The zero-order chi connectivity index (χ0) is 22.4. The number of piperidine rings is 1. The molecule has 9 heteroatoms. The molecule has 1 aromatic carbocycles. The van der Waals surface area contributed by atoms with Gasteiger partial charge < -0.3 is 19.9 Å². The first-order valence-electron chi connectivity index (χ1n) is 10.7. The number of aromatic amines is 1. The molecule has 1 fully saturated rings. The molecule has 0 bridgehead atoms. The number of hydrogen-bond acceptors (Lipinski definition) is 6. The van der Waals surface area contributed by atoms with Gasteiger partial charge in [-0.3, -0.25) is 14.2 Å². The Morgan fingerprint density at radius 1 is 1.26 bits per heavy atom. The fourth-order valence-corrected chi connectivity index (χ4v) is 4.10. The molecule has 3 rings (SSSR count). The number of esters is 1. The summed E-state index contributed by atoms with van der Waals surface area (Å²) in [6.45, 7) is 6.39. The van der Waals surface area contributed by atoms with Crippen LogP contribution < -0.4 is 10.9 Å². The number of carbonyl (C=O) groups is 2. The zero-order valence-corrected chi connectivity index (χ0v) is 18.9. The Kier molecular flexibility index (Phi) is 7.97. The average Bonchev–Trinajstić information content (AvgIpc) is 2.76. The van der Waals surface area contributed by atoms with Crippen LogP contribution in [0.4, 0.5) is 0 Å². The lowest BCUT2D eigenvalue weighted by atomic mass is 9.99. The quantitative estimate of drug-likeness (QED) is 0.367. The zero-order valence-electron chi connectivity index (χ0n) is 18.1. The molecule has 1 saturated heterocycles. The van der Waals surface area contributed by atoms with Crippen molar-refractivity contribution in [2.75, 3.05) is 33.3 Å². The van der Waals surface area contributed by atoms with E-state index in [4.69, 9.17) is 17.0 Å². The van der Waals surface area contributed by atoms with Crippen LogP contribution in [0.15, 0.2) is 23.0 Å². The molecule has 2 aromatic rings. The number of benzene rings is 1. The summed E-state index contributed by atoms with van der Waals surface area (Å²) in [6.07, 6.45) is 3.58. The van der Waals surface area contributed by atoms with Gasteiger partial charge in [0.05, 0.1) is 23.6 Å². The predicted molar refractivity (Wildman–Crippen MR) is 122 cm³/mol. The monoisotopic (exact) mass is 446 g/mol. The summed E-state index contributed by atoms with van der Waals surface area (Å²) < 4.78 is 6.30. The lowest BCUT2D eigenvalue weighted by Crippen LogP contribution is -2.35. The molecule has 2 N–H and O–H groups in total. The Morgan fingerprint density at radius 2 is 2.00 bits per heavy atom. The molecular weight excluding hydrogens is 416 g/mol. The molecule has 0 saturated carbocycles. The number of rotatable bonds is 8. The van der Waals surface area contributed by atoms with Crippen molar-refractivity contribution in [2.24, 2.45) is 5.92 Å². The number of aromatic nitrogens is 2. The van der Waals surface area contributed by atoms with E-state index in [-0.39, 0.29) is 29.2 Å². The average molecular weight is 447 g/mol. The third-order valence-corrected chi connectivity index (χ3v) is 6.14. The smallest absolute Gasteiger partial charge is 0.337 e. The Morgan fingerprint density at radius 3 is 2.71 bits per heavy atom. The lowest BCUT2D eigenvalue weighted by Gasteiger charge is -2.30. The minimum Gasteiger partial charge on any atom is -0.465 e. The molecule has 168 valence electrons. The van der Waals surface area contributed by atoms with Crippen LogP contribution in [0.3, 0.4) is 0 Å². The van der Waals surface area contributed by atoms with E-state index in [1.807, 2.05) is 0 Å². The van der Waals surface area contributed by atoms with Crippen LogP contribution in [-0.4, -0.2) is 59.6 Å². The van der Waals surface area contributed by atoms with E-state index in [9.17, 15) is 14.4 Å². The molecule has 0 spiro atoms. The van der Waals surface area contributed by atoms with E-state index in [1.165, 1.54) is 30.6 Å². The van der Waals surface area contributed by atoms with Gasteiger partial charge in [-0.1, -0.05) is 6.92 Å². The van der Waals surface area contributed by atoms with Crippen LogP contribution in [0.5, 0.6) is 0 Å². The third kappa shape index (κ3) is 6.01. The molecule has 1 aromatic heterocycles. The molecular formula is C22H30N4O4S. The van der Waals surface area contributed by atoms with E-state index in [2.05, 4.69) is 22.1 Å². The second kappa shape index (κ2) is 10.7. The van der Waals surface area contributed by atoms with Crippen molar-refractivity contribution in [3.05, 3.63) is 38.9 Å². The van der Waals surface area contributed by atoms with Crippen molar-refractivity contribution < 1.29 is 14.3 Å². The van der Waals surface area contributed by atoms with Crippen molar-refractivity contribution in [1.82, 2.24) is 19.8 Å². The summed E-state index contributed by atoms with van der Waals surface area (Å²) in [5.74, 6) is 0.225. The number of nitrogens with one attached hydrogen (secondary N) is 2. The topological polar surface area (TPSA) is 96.4 Å². The minimum atomic E-state index is -0.489. The number of ether oxygens (including phenoxy) is 1. The standard InChI is InChI=1S/C22H30N4O4S/c1-15-6-11-25(12-7-15)10-3-9-23-19(27)8-13-26-20(28)17-5-4-16(21(29)30-2)14-18(17)24-22(26)31/h4-5,14-15H,3,6-13H2,1-2H3,(H,23,27)(H,24,31). The van der Waals surface area contributed by atoms with Crippen molar-refractivity contribution in [2.45, 2.75) is 39.2 Å². The number of carbonyl (C=O) groups excluding carboxylic acids is 2. The van der Waals surface area contributed by atoms with Gasteiger partial charge in [0.25, 0.3) is 5.56 Å². The first kappa shape index (κ1) is 23.1. The molecule has 2 heterocycles. The van der Waals surface area contributed by atoms with E-state index in [1.54, 1.807) is 12.1 Å². The predicted octanol–water partition coefficient (Wildman–Crippen LogP) is 2.47. The summed E-state index contributed by atoms with van der Waals surface area (Å²) in [4.78, 5) is 42.1. The highest BCUT2D eigenvalue weighted by atomic mass is 32.1. The van der Waals surface area contributed by atoms with Gasteiger partial charge in [-0.15, -0.1) is 0 Å². The van der Waals surface area contributed by atoms with Gasteiger partial charge in [0.15, 0.2) is 4.77 Å². The summed E-state index contributed by atoms with van der Waals surface area (Å²) in [5.41, 5.74) is 0.504. The molecule has 8 nitrogen and oxygen atoms in total. The van der Waals surface area contributed by atoms with Gasteiger partial charge in [0.1, 0.15) is 0 Å². The van der Waals surface area contributed by atoms with Crippen LogP contribution in [0.2, 0.25) is 0 Å². The first-order valence-corrected chi connectivity index (χ1v) is 11.1. The van der Waals surface area contributed by atoms with Gasteiger partial charge in [-0.2, -0.15) is 0 Å². The number of amides is 1. The molecule has 0 atom stereocenters. The third-order valence-electron chi connectivity index (χ3n) is 5.81. The summed E-state index contributed by atoms with van der Waals surface area (Å²) in [6, 6.07) is 4.64. The summed E-state index contributed by atoms with van der Waals surface area (Å²) in [5, 5.41) is 3.33. The fraction of sp³-hybridized carbons (Fsp3) is 0.545. The maximum absolute atomic E-state index is 12.8. The van der Waals surface area contributed by atoms with E-state index in [0.29, 0.717) is 23.0 Å². The van der Waals surface area contributed by atoms with Crippen LogP contribution in [0.1, 0.15) is 43.0 Å². The summed E-state index contributed by atoms with van der Waals surface area (Å²) >= 11 is 5.30. The molecule has 31 heavy (non-hydrogen) atoms. The molecule has 1 amide bonds. The van der Waals surface area contributed by atoms with Crippen molar-refractivity contribution in [3.8, 4) is 0 Å². The van der Waals surface area contributed by atoms with E-state index in [0.717, 1.165) is 32.0 Å². The van der Waals surface area contributed by atoms with Gasteiger partial charge >= 0.3 is 5.97 Å². The minimum absolute atomic E-state index is 0.102. The largest absolute Gasteiger partial charge is 0.465 e. The number of nitrogens with zero attached hydrogens (tertiary/aromatic N) is 2.